The third kappa shape index (κ3) is 4.40. The number of carbonyl (C=O) groups excluding carboxylic acids is 2. The molecular formula is C13H22N2O5. The molecule has 0 atom stereocenters. The third-order valence-corrected chi connectivity index (χ3v) is 3.64. The molecule has 0 aromatic rings. The molecule has 0 aliphatic heterocycles. The molecule has 1 saturated carbocycles. The lowest BCUT2D eigenvalue weighted by Crippen LogP contribution is -2.53. The maximum atomic E-state index is 12.2. The molecule has 0 unspecified atom stereocenters. The van der Waals surface area contributed by atoms with Gasteiger partial charge in [0.25, 0.3) is 0 Å². The Morgan fingerprint density at radius 2 is 1.90 bits per heavy atom. The van der Waals surface area contributed by atoms with Crippen molar-refractivity contribution in [2.75, 3.05) is 20.2 Å². The van der Waals surface area contributed by atoms with Crippen LogP contribution in [0.3, 0.4) is 0 Å². The summed E-state index contributed by atoms with van der Waals surface area (Å²) in [6.45, 7) is 1.97. The van der Waals surface area contributed by atoms with Gasteiger partial charge in [-0.1, -0.05) is 12.8 Å². The van der Waals surface area contributed by atoms with Crippen molar-refractivity contribution in [3.05, 3.63) is 0 Å². The highest BCUT2D eigenvalue weighted by atomic mass is 16.5. The molecule has 0 heterocycles. The number of hydrogen-bond acceptors (Lipinski definition) is 4. The number of hydrogen-bond donors (Lipinski definition) is 2. The summed E-state index contributed by atoms with van der Waals surface area (Å²) >= 11 is 0. The molecule has 0 radical (unpaired) electrons. The summed E-state index contributed by atoms with van der Waals surface area (Å²) in [5.41, 5.74) is -0.688. The Morgan fingerprint density at radius 1 is 1.30 bits per heavy atom. The van der Waals surface area contributed by atoms with Crippen molar-refractivity contribution < 1.29 is 24.2 Å². The largest absolute Gasteiger partial charge is 0.481 e. The number of nitrogens with one attached hydrogen (secondary N) is 1. The van der Waals surface area contributed by atoms with E-state index in [9.17, 15) is 14.4 Å². The van der Waals surface area contributed by atoms with Gasteiger partial charge < -0.3 is 20.1 Å². The number of urea groups is 1. The van der Waals surface area contributed by atoms with Crippen molar-refractivity contribution in [1.29, 1.82) is 0 Å². The Bertz CT molecular complexity index is 377. The number of rotatable bonds is 6. The van der Waals surface area contributed by atoms with Gasteiger partial charge in [0.1, 0.15) is 6.54 Å². The van der Waals surface area contributed by atoms with Crippen LogP contribution in [0.15, 0.2) is 0 Å². The molecule has 114 valence electrons. The molecule has 0 saturated heterocycles. The summed E-state index contributed by atoms with van der Waals surface area (Å²) in [7, 11) is 1.26. The lowest BCUT2D eigenvalue weighted by Gasteiger charge is -2.31. The van der Waals surface area contributed by atoms with Crippen molar-refractivity contribution in [1.82, 2.24) is 10.2 Å². The second-order valence-corrected chi connectivity index (χ2v) is 5.08. The molecule has 7 nitrogen and oxygen atoms in total. The van der Waals surface area contributed by atoms with Crippen molar-refractivity contribution in [3.63, 3.8) is 0 Å². The van der Waals surface area contributed by atoms with Crippen LogP contribution in [0.2, 0.25) is 0 Å². The van der Waals surface area contributed by atoms with E-state index in [4.69, 9.17) is 5.11 Å². The van der Waals surface area contributed by atoms with Gasteiger partial charge in [-0.25, -0.2) is 4.79 Å². The van der Waals surface area contributed by atoms with Crippen LogP contribution >= 0.6 is 0 Å². The summed E-state index contributed by atoms with van der Waals surface area (Å²) in [4.78, 5) is 35.7. The van der Waals surface area contributed by atoms with Gasteiger partial charge >= 0.3 is 18.0 Å². The minimum Gasteiger partial charge on any atom is -0.481 e. The van der Waals surface area contributed by atoms with E-state index in [-0.39, 0.29) is 13.0 Å². The molecule has 0 aromatic heterocycles. The van der Waals surface area contributed by atoms with Crippen LogP contribution in [-0.2, 0) is 14.3 Å². The predicted molar refractivity (Wildman–Crippen MR) is 71.2 cm³/mol. The average molecular weight is 286 g/mol. The molecule has 0 bridgehead atoms. The number of nitrogens with zero attached hydrogens (tertiary/aromatic N) is 1. The first kappa shape index (κ1) is 16.3. The van der Waals surface area contributed by atoms with E-state index in [1.165, 1.54) is 12.0 Å². The molecule has 7 heteroatoms. The van der Waals surface area contributed by atoms with E-state index in [2.05, 4.69) is 10.1 Å². The van der Waals surface area contributed by atoms with Gasteiger partial charge in [-0.2, -0.15) is 0 Å². The van der Waals surface area contributed by atoms with Crippen LogP contribution in [0, 0.1) is 0 Å². The van der Waals surface area contributed by atoms with Crippen molar-refractivity contribution in [2.45, 2.75) is 44.6 Å². The summed E-state index contributed by atoms with van der Waals surface area (Å²) < 4.78 is 4.54. The van der Waals surface area contributed by atoms with Crippen molar-refractivity contribution >= 4 is 18.0 Å². The number of methoxy groups -OCH3 is 1. The molecule has 2 N–H and O–H groups in total. The monoisotopic (exact) mass is 286 g/mol. The molecule has 1 fully saturated rings. The number of carboxylic acids is 1. The second kappa shape index (κ2) is 7.12. The summed E-state index contributed by atoms with van der Waals surface area (Å²) in [6, 6.07) is -0.416. The van der Waals surface area contributed by atoms with Crippen LogP contribution in [0.5, 0.6) is 0 Å². The fraction of sp³-hybridized carbons (Fsp3) is 0.769. The number of esters is 1. The standard InChI is InChI=1S/C13H22N2O5/c1-3-15(9-11(18)20-2)12(19)14-13(8-10(16)17)6-4-5-7-13/h3-9H2,1-2H3,(H,14,19)(H,16,17). The van der Waals surface area contributed by atoms with E-state index < -0.39 is 23.5 Å². The highest BCUT2D eigenvalue weighted by Gasteiger charge is 2.38. The van der Waals surface area contributed by atoms with Gasteiger partial charge in [0.05, 0.1) is 19.1 Å². The number of amides is 2. The fourth-order valence-corrected chi connectivity index (χ4v) is 2.54. The molecule has 0 aromatic carbocycles. The molecular weight excluding hydrogens is 264 g/mol. The van der Waals surface area contributed by atoms with Crippen LogP contribution in [-0.4, -0.2) is 53.7 Å². The summed E-state index contributed by atoms with van der Waals surface area (Å²) in [5, 5.41) is 11.8. The van der Waals surface area contributed by atoms with E-state index in [0.29, 0.717) is 19.4 Å². The first-order chi connectivity index (χ1) is 9.42. The molecule has 0 spiro atoms. The van der Waals surface area contributed by atoms with Crippen LogP contribution in [0.4, 0.5) is 4.79 Å². The SMILES string of the molecule is CCN(CC(=O)OC)C(=O)NC1(CC(=O)O)CCCC1. The first-order valence-electron chi connectivity index (χ1n) is 6.78. The molecule has 1 aliphatic carbocycles. The second-order valence-electron chi connectivity index (χ2n) is 5.08. The van der Waals surface area contributed by atoms with Crippen LogP contribution in [0.25, 0.3) is 0 Å². The minimum atomic E-state index is -0.928. The fourth-order valence-electron chi connectivity index (χ4n) is 2.54. The summed E-state index contributed by atoms with van der Waals surface area (Å²) in [6.07, 6.45) is 3.02. The zero-order valence-corrected chi connectivity index (χ0v) is 12.0. The van der Waals surface area contributed by atoms with Crippen LogP contribution < -0.4 is 5.32 Å². The van der Waals surface area contributed by atoms with E-state index in [0.717, 1.165) is 12.8 Å². The smallest absolute Gasteiger partial charge is 0.325 e. The lowest BCUT2D eigenvalue weighted by atomic mass is 9.93. The van der Waals surface area contributed by atoms with Gasteiger partial charge in [0.2, 0.25) is 0 Å². The Balaban J connectivity index is 2.69. The highest BCUT2D eigenvalue weighted by molar-refractivity contribution is 5.82. The first-order valence-corrected chi connectivity index (χ1v) is 6.78. The zero-order chi connectivity index (χ0) is 15.2. The maximum Gasteiger partial charge on any atom is 0.325 e. The van der Waals surface area contributed by atoms with Gasteiger partial charge in [0, 0.05) is 6.54 Å². The number of likely N-dealkylation sites (N-methyl/N-ethyl adjacent to an activating group) is 1. The normalized spacial score (nSPS) is 16.5. The Hall–Kier alpha value is -1.79. The molecule has 20 heavy (non-hydrogen) atoms. The van der Waals surface area contributed by atoms with E-state index in [1.54, 1.807) is 6.92 Å². The Labute approximate surface area is 118 Å². The quantitative estimate of drug-likeness (QED) is 0.709. The zero-order valence-electron chi connectivity index (χ0n) is 12.0. The van der Waals surface area contributed by atoms with Gasteiger partial charge in [0.15, 0.2) is 0 Å². The van der Waals surface area contributed by atoms with Crippen molar-refractivity contribution in [3.8, 4) is 0 Å². The Kier molecular flexibility index (Phi) is 5.79. The number of ether oxygens (including phenoxy) is 1. The van der Waals surface area contributed by atoms with Gasteiger partial charge in [-0.3, -0.25) is 9.59 Å². The predicted octanol–water partition coefficient (Wildman–Crippen LogP) is 0.978. The van der Waals surface area contributed by atoms with Crippen LogP contribution in [0.1, 0.15) is 39.0 Å². The van der Waals surface area contributed by atoms with Crippen molar-refractivity contribution in [2.24, 2.45) is 0 Å². The third-order valence-electron chi connectivity index (χ3n) is 3.64. The topological polar surface area (TPSA) is 95.9 Å². The molecule has 2 amide bonds. The minimum absolute atomic E-state index is 0.0888. The summed E-state index contributed by atoms with van der Waals surface area (Å²) in [5.74, 6) is -1.43. The Morgan fingerprint density at radius 3 is 2.35 bits per heavy atom. The van der Waals surface area contributed by atoms with E-state index in [1.807, 2.05) is 0 Å². The number of carbonyl (C=O) groups is 3. The molecule has 1 rings (SSSR count). The number of aliphatic carboxylic acids is 1. The number of carboxylic acid groups (broad SMARTS) is 1. The van der Waals surface area contributed by atoms with E-state index >= 15 is 0 Å². The average Bonchev–Trinajstić information content (AvgIpc) is 2.82. The molecule has 1 aliphatic rings. The maximum absolute atomic E-state index is 12.2. The lowest BCUT2D eigenvalue weighted by molar-refractivity contribution is -0.141. The highest BCUT2D eigenvalue weighted by Crippen LogP contribution is 2.32. The van der Waals surface area contributed by atoms with Gasteiger partial charge in [-0.05, 0) is 19.8 Å². The van der Waals surface area contributed by atoms with Gasteiger partial charge in [-0.15, -0.1) is 0 Å².